The van der Waals surface area contributed by atoms with Gasteiger partial charge >= 0.3 is 5.97 Å². The number of rotatable bonds is 3. The summed E-state index contributed by atoms with van der Waals surface area (Å²) in [7, 11) is 0. The van der Waals surface area contributed by atoms with Gasteiger partial charge in [0.05, 0.1) is 6.61 Å². The number of thioether (sulfide) groups is 1. The maximum absolute atomic E-state index is 11.5. The maximum atomic E-state index is 11.5. The lowest BCUT2D eigenvalue weighted by molar-refractivity contribution is -0.142. The van der Waals surface area contributed by atoms with E-state index in [1.807, 2.05) is 0 Å². The molecule has 1 heterocycles. The van der Waals surface area contributed by atoms with Crippen LogP contribution in [0.1, 0.15) is 19.5 Å². The zero-order chi connectivity index (χ0) is 13.0. The first-order valence-electron chi connectivity index (χ1n) is 5.12. The van der Waals surface area contributed by atoms with Gasteiger partial charge in [0.15, 0.2) is 4.32 Å². The van der Waals surface area contributed by atoms with Gasteiger partial charge < -0.3 is 4.74 Å². The number of nitrogens with zero attached hydrogens (tertiary/aromatic N) is 1. The molecule has 0 aliphatic rings. The SMILES string of the molecule is CCOC(=O)C(C)SC(=S)n1[nH]c(C)cc1=O. The highest BCUT2D eigenvalue weighted by molar-refractivity contribution is 8.23. The van der Waals surface area contributed by atoms with E-state index in [9.17, 15) is 9.59 Å². The average molecular weight is 274 g/mol. The summed E-state index contributed by atoms with van der Waals surface area (Å²) in [6.45, 7) is 5.53. The molecule has 0 radical (unpaired) electrons. The second kappa shape index (κ2) is 6.02. The third-order valence-corrected chi connectivity index (χ3v) is 3.33. The van der Waals surface area contributed by atoms with Crippen molar-refractivity contribution >= 4 is 34.3 Å². The highest BCUT2D eigenvalue weighted by Gasteiger charge is 2.18. The van der Waals surface area contributed by atoms with E-state index in [2.05, 4.69) is 5.10 Å². The summed E-state index contributed by atoms with van der Waals surface area (Å²) in [5.41, 5.74) is 0.498. The van der Waals surface area contributed by atoms with Crippen molar-refractivity contribution < 1.29 is 9.53 Å². The van der Waals surface area contributed by atoms with E-state index in [-0.39, 0.29) is 11.5 Å². The van der Waals surface area contributed by atoms with Crippen LogP contribution in [0.3, 0.4) is 0 Å². The minimum absolute atomic E-state index is 0.226. The Balaban J connectivity index is 2.70. The fraction of sp³-hybridized carbons (Fsp3) is 0.500. The van der Waals surface area contributed by atoms with E-state index in [1.165, 1.54) is 10.7 Å². The Morgan fingerprint density at radius 1 is 1.71 bits per heavy atom. The van der Waals surface area contributed by atoms with Crippen LogP contribution in [0.5, 0.6) is 0 Å². The van der Waals surface area contributed by atoms with Gasteiger partial charge in [-0.2, -0.15) is 0 Å². The first kappa shape index (κ1) is 14.0. The molecular weight excluding hydrogens is 260 g/mol. The quantitative estimate of drug-likeness (QED) is 0.665. The Labute approximate surface area is 109 Å². The summed E-state index contributed by atoms with van der Waals surface area (Å²) in [5, 5.41) is 2.38. The number of thiocarbonyl (C=S) groups is 1. The normalized spacial score (nSPS) is 12.2. The number of aromatic nitrogens is 2. The molecule has 5 nitrogen and oxygen atoms in total. The van der Waals surface area contributed by atoms with Gasteiger partial charge in [-0.05, 0) is 20.8 Å². The van der Waals surface area contributed by atoms with Gasteiger partial charge in [-0.1, -0.05) is 24.0 Å². The third-order valence-electron chi connectivity index (χ3n) is 1.93. The minimum atomic E-state index is -0.432. The van der Waals surface area contributed by atoms with Crippen molar-refractivity contribution in [2.24, 2.45) is 0 Å². The van der Waals surface area contributed by atoms with Gasteiger partial charge in [-0.3, -0.25) is 14.7 Å². The van der Waals surface area contributed by atoms with Gasteiger partial charge in [0.25, 0.3) is 5.56 Å². The van der Waals surface area contributed by atoms with Crippen LogP contribution >= 0.6 is 24.0 Å². The first-order valence-corrected chi connectivity index (χ1v) is 6.40. The number of aryl methyl sites for hydroxylation is 1. The zero-order valence-corrected chi connectivity index (χ0v) is 11.5. The van der Waals surface area contributed by atoms with E-state index in [0.717, 1.165) is 17.5 Å². The van der Waals surface area contributed by atoms with Gasteiger partial charge in [-0.25, -0.2) is 4.68 Å². The molecule has 1 aromatic rings. The molecule has 0 saturated carbocycles. The van der Waals surface area contributed by atoms with E-state index in [0.29, 0.717) is 10.9 Å². The van der Waals surface area contributed by atoms with Crippen LogP contribution in [0.25, 0.3) is 0 Å². The summed E-state index contributed by atoms with van der Waals surface area (Å²) in [5.74, 6) is -0.337. The van der Waals surface area contributed by atoms with Crippen molar-refractivity contribution in [2.75, 3.05) is 6.61 Å². The molecule has 1 N–H and O–H groups in total. The van der Waals surface area contributed by atoms with Crippen LogP contribution in [0.2, 0.25) is 0 Å². The Bertz CT molecular complexity index is 478. The number of H-pyrrole nitrogens is 1. The van der Waals surface area contributed by atoms with Crippen molar-refractivity contribution in [3.63, 3.8) is 0 Å². The van der Waals surface area contributed by atoms with Crippen LogP contribution in [0, 0.1) is 6.92 Å². The Morgan fingerprint density at radius 2 is 2.35 bits per heavy atom. The van der Waals surface area contributed by atoms with E-state index < -0.39 is 5.25 Å². The van der Waals surface area contributed by atoms with Gasteiger partial charge in [0, 0.05) is 11.8 Å². The molecule has 94 valence electrons. The molecule has 1 aromatic heterocycles. The number of esters is 1. The summed E-state index contributed by atoms with van der Waals surface area (Å²) >= 11 is 6.20. The molecular formula is C10H14N2O3S2. The van der Waals surface area contributed by atoms with Gasteiger partial charge in [0.1, 0.15) is 5.25 Å². The standard InChI is InChI=1S/C10H14N2O3S2/c1-4-15-9(14)7(3)17-10(16)12-8(13)5-6(2)11-12/h5,7,11H,4H2,1-3H3. The number of hydrogen-bond donors (Lipinski definition) is 1. The predicted molar refractivity (Wildman–Crippen MR) is 71.5 cm³/mol. The number of carbonyl (C=O) groups excluding carboxylic acids is 1. The number of carbonyl (C=O) groups is 1. The molecule has 0 bridgehead atoms. The van der Waals surface area contributed by atoms with Crippen LogP contribution in [0.15, 0.2) is 10.9 Å². The van der Waals surface area contributed by atoms with Crippen molar-refractivity contribution in [1.29, 1.82) is 0 Å². The molecule has 1 unspecified atom stereocenters. The molecule has 0 amide bonds. The maximum Gasteiger partial charge on any atom is 0.319 e. The summed E-state index contributed by atoms with van der Waals surface area (Å²) in [4.78, 5) is 22.9. The lowest BCUT2D eigenvalue weighted by atomic mass is 10.5. The molecule has 0 aliphatic heterocycles. The molecule has 0 fully saturated rings. The Hall–Kier alpha value is -1.08. The summed E-state index contributed by atoms with van der Waals surface area (Å²) in [6, 6.07) is 1.45. The van der Waals surface area contributed by atoms with Crippen molar-refractivity contribution in [3.8, 4) is 0 Å². The summed E-state index contributed by atoms with van der Waals surface area (Å²) < 4.78 is 6.41. The number of ether oxygens (including phenoxy) is 1. The van der Waals surface area contributed by atoms with Gasteiger partial charge in [-0.15, -0.1) is 0 Å². The molecule has 0 spiro atoms. The highest BCUT2D eigenvalue weighted by Crippen LogP contribution is 2.14. The van der Waals surface area contributed by atoms with Crippen LogP contribution in [-0.4, -0.2) is 31.9 Å². The molecule has 0 saturated heterocycles. The van der Waals surface area contributed by atoms with Crippen LogP contribution in [-0.2, 0) is 9.53 Å². The molecule has 1 atom stereocenters. The Kier molecular flexibility index (Phi) is 4.95. The Morgan fingerprint density at radius 3 is 2.82 bits per heavy atom. The summed E-state index contributed by atoms with van der Waals surface area (Å²) in [6.07, 6.45) is 0. The lowest BCUT2D eigenvalue weighted by Crippen LogP contribution is -2.25. The minimum Gasteiger partial charge on any atom is -0.465 e. The van der Waals surface area contributed by atoms with Gasteiger partial charge in [0.2, 0.25) is 0 Å². The highest BCUT2D eigenvalue weighted by atomic mass is 32.2. The number of nitrogens with one attached hydrogen (secondary N) is 1. The fourth-order valence-electron chi connectivity index (χ4n) is 1.16. The largest absolute Gasteiger partial charge is 0.465 e. The van der Waals surface area contributed by atoms with Crippen molar-refractivity contribution in [3.05, 3.63) is 22.1 Å². The van der Waals surface area contributed by atoms with Crippen molar-refractivity contribution in [2.45, 2.75) is 26.0 Å². The van der Waals surface area contributed by atoms with Crippen LogP contribution < -0.4 is 5.56 Å². The molecule has 1 rings (SSSR count). The predicted octanol–water partition coefficient (Wildman–Crippen LogP) is 1.30. The second-order valence-corrected chi connectivity index (χ2v) is 5.37. The monoisotopic (exact) mass is 274 g/mol. The number of aromatic amines is 1. The fourth-order valence-corrected chi connectivity index (χ4v) is 2.44. The zero-order valence-electron chi connectivity index (χ0n) is 9.85. The topological polar surface area (TPSA) is 64.1 Å². The van der Waals surface area contributed by atoms with Crippen LogP contribution in [0.4, 0.5) is 0 Å². The lowest BCUT2D eigenvalue weighted by Gasteiger charge is -2.10. The molecule has 17 heavy (non-hydrogen) atoms. The van der Waals surface area contributed by atoms with E-state index >= 15 is 0 Å². The average Bonchev–Trinajstić information content (AvgIpc) is 2.58. The number of hydrogen-bond acceptors (Lipinski definition) is 5. The first-order chi connectivity index (χ1) is 7.95. The van der Waals surface area contributed by atoms with Crippen molar-refractivity contribution in [1.82, 2.24) is 9.78 Å². The molecule has 0 aliphatic carbocycles. The van der Waals surface area contributed by atoms with E-state index in [4.69, 9.17) is 17.0 Å². The molecule has 7 heteroatoms. The second-order valence-electron chi connectivity index (χ2n) is 3.39. The smallest absolute Gasteiger partial charge is 0.319 e. The third kappa shape index (κ3) is 3.71. The van der Waals surface area contributed by atoms with E-state index in [1.54, 1.807) is 20.8 Å². The molecule has 0 aromatic carbocycles.